The lowest BCUT2D eigenvalue weighted by Gasteiger charge is -2.29. The fourth-order valence-electron chi connectivity index (χ4n) is 4.66. The molecule has 2 fully saturated rings. The van der Waals surface area contributed by atoms with Crippen LogP contribution in [0.5, 0.6) is 5.75 Å². The molecule has 3 aliphatic rings. The van der Waals surface area contributed by atoms with E-state index in [1.807, 2.05) is 25.1 Å². The van der Waals surface area contributed by atoms with Crippen molar-refractivity contribution in [2.75, 3.05) is 32.9 Å². The minimum Gasteiger partial charge on any atom is -0.488 e. The molecule has 0 aliphatic carbocycles. The number of nitrogens with one attached hydrogen (secondary N) is 2. The highest BCUT2D eigenvalue weighted by atomic mass is 19.1. The van der Waals surface area contributed by atoms with E-state index in [-0.39, 0.29) is 24.2 Å². The lowest BCUT2D eigenvalue weighted by molar-refractivity contribution is -0.132. The van der Waals surface area contributed by atoms with E-state index in [1.54, 1.807) is 6.07 Å². The summed E-state index contributed by atoms with van der Waals surface area (Å²) in [5, 5.41) is 15.7. The maximum absolute atomic E-state index is 14.6. The number of benzene rings is 2. The van der Waals surface area contributed by atoms with E-state index in [2.05, 4.69) is 16.7 Å². The van der Waals surface area contributed by atoms with Crippen molar-refractivity contribution in [3.8, 4) is 22.9 Å². The Morgan fingerprint density at radius 1 is 1.29 bits per heavy atom. The number of ether oxygens (including phenoxy) is 3. The average Bonchev–Trinajstić information content (AvgIpc) is 3.08. The first-order chi connectivity index (χ1) is 16.5. The van der Waals surface area contributed by atoms with Gasteiger partial charge >= 0.3 is 0 Å². The van der Waals surface area contributed by atoms with Crippen molar-refractivity contribution in [3.05, 3.63) is 52.3 Å². The topological polar surface area (TPSA) is 92.6 Å². The molecule has 1 unspecified atom stereocenters. The summed E-state index contributed by atoms with van der Waals surface area (Å²) < 4.78 is 31.4. The Balaban J connectivity index is 1.36. The van der Waals surface area contributed by atoms with Crippen molar-refractivity contribution in [3.63, 3.8) is 0 Å². The highest BCUT2D eigenvalue weighted by Gasteiger charge is 2.28. The summed E-state index contributed by atoms with van der Waals surface area (Å²) >= 11 is 0. The second-order valence-corrected chi connectivity index (χ2v) is 9.14. The second kappa shape index (κ2) is 9.71. The molecule has 34 heavy (non-hydrogen) atoms. The number of hydrogen-bond acceptors (Lipinski definition) is 6. The molecule has 0 saturated carbocycles. The van der Waals surface area contributed by atoms with Gasteiger partial charge in [0.25, 0.3) is 5.91 Å². The number of aryl methyl sites for hydroxylation is 1. The van der Waals surface area contributed by atoms with Gasteiger partial charge in [-0.15, -0.1) is 0 Å². The van der Waals surface area contributed by atoms with Crippen molar-refractivity contribution in [1.29, 1.82) is 5.26 Å². The molecule has 7 nitrogen and oxygen atoms in total. The van der Waals surface area contributed by atoms with E-state index in [0.717, 1.165) is 40.8 Å². The van der Waals surface area contributed by atoms with Crippen molar-refractivity contribution in [2.45, 2.75) is 44.4 Å². The lowest BCUT2D eigenvalue weighted by Crippen LogP contribution is -2.46. The van der Waals surface area contributed by atoms with Crippen molar-refractivity contribution in [2.24, 2.45) is 0 Å². The number of fused-ring (bicyclic) bond motifs is 3. The van der Waals surface area contributed by atoms with Gasteiger partial charge < -0.3 is 24.8 Å². The van der Waals surface area contributed by atoms with Crippen LogP contribution in [0.4, 0.5) is 4.39 Å². The Bertz CT molecular complexity index is 1130. The summed E-state index contributed by atoms with van der Waals surface area (Å²) in [6, 6.07) is 8.96. The third-order valence-corrected chi connectivity index (χ3v) is 6.75. The number of nitriles is 1. The Labute approximate surface area is 198 Å². The molecule has 8 heteroatoms. The fourth-order valence-corrected chi connectivity index (χ4v) is 4.66. The predicted molar refractivity (Wildman–Crippen MR) is 123 cm³/mol. The maximum atomic E-state index is 14.6. The molecule has 0 aromatic heterocycles. The van der Waals surface area contributed by atoms with Gasteiger partial charge in [-0.2, -0.15) is 5.26 Å². The number of hydrogen-bond donors (Lipinski definition) is 2. The molecule has 2 N–H and O–H groups in total. The summed E-state index contributed by atoms with van der Waals surface area (Å²) in [7, 11) is 0. The Morgan fingerprint density at radius 3 is 2.91 bits per heavy atom. The molecule has 2 saturated heterocycles. The first-order valence-corrected chi connectivity index (χ1v) is 11.7. The largest absolute Gasteiger partial charge is 0.488 e. The second-order valence-electron chi connectivity index (χ2n) is 9.14. The summed E-state index contributed by atoms with van der Waals surface area (Å²) in [4.78, 5) is 12.6. The van der Waals surface area contributed by atoms with Gasteiger partial charge in [0, 0.05) is 36.6 Å². The third-order valence-electron chi connectivity index (χ3n) is 6.75. The molecule has 3 heterocycles. The van der Waals surface area contributed by atoms with Gasteiger partial charge in [-0.25, -0.2) is 4.39 Å². The SMILES string of the molecule is Cc1cc2c(cc1CC(C#N)NC(=O)[C@@H]1CNCCCO1)OCc1cc(F)c(C3COC3)cc1-2. The Hall–Kier alpha value is -2.99. The van der Waals surface area contributed by atoms with Crippen LogP contribution in [0, 0.1) is 24.1 Å². The van der Waals surface area contributed by atoms with Gasteiger partial charge in [-0.05, 0) is 66.4 Å². The molecular weight excluding hydrogens is 437 g/mol. The number of carbonyl (C=O) groups excluding carboxylic acids is 1. The molecule has 1 amide bonds. The van der Waals surface area contributed by atoms with Gasteiger partial charge in [-0.1, -0.05) is 0 Å². The minimum atomic E-state index is -0.689. The number of amides is 1. The summed E-state index contributed by atoms with van der Waals surface area (Å²) in [6.07, 6.45) is 0.607. The zero-order chi connectivity index (χ0) is 23.7. The van der Waals surface area contributed by atoms with Crippen LogP contribution in [0.1, 0.15) is 34.6 Å². The highest BCUT2D eigenvalue weighted by Crippen LogP contribution is 2.42. The van der Waals surface area contributed by atoms with Crippen LogP contribution in [0.2, 0.25) is 0 Å². The van der Waals surface area contributed by atoms with Crippen LogP contribution in [-0.4, -0.2) is 51.0 Å². The van der Waals surface area contributed by atoms with Crippen LogP contribution in [0.25, 0.3) is 11.1 Å². The zero-order valence-electron chi connectivity index (χ0n) is 19.2. The van der Waals surface area contributed by atoms with Gasteiger partial charge in [-0.3, -0.25) is 4.79 Å². The summed E-state index contributed by atoms with van der Waals surface area (Å²) in [5.74, 6) is 0.295. The van der Waals surface area contributed by atoms with Crippen molar-refractivity contribution < 1.29 is 23.4 Å². The monoisotopic (exact) mass is 465 g/mol. The summed E-state index contributed by atoms with van der Waals surface area (Å²) in [5.41, 5.74) is 5.29. The van der Waals surface area contributed by atoms with Gasteiger partial charge in [0.15, 0.2) is 0 Å². The number of halogens is 1. The number of rotatable bonds is 5. The molecule has 0 bridgehead atoms. The van der Waals surface area contributed by atoms with E-state index in [1.165, 1.54) is 0 Å². The quantitative estimate of drug-likeness (QED) is 0.706. The molecule has 5 rings (SSSR count). The standard InChI is InChI=1S/C26H28FN3O4/c1-15-5-22-20-9-21(18-12-32-13-18)23(27)7-17(20)14-34-24(22)8-16(15)6-19(10-28)30-26(31)25-11-29-3-2-4-33-25/h5,7-9,18-19,25,29H,2-4,6,11-14H2,1H3,(H,30,31)/t19?,25-/m0/s1. The van der Waals surface area contributed by atoms with E-state index in [4.69, 9.17) is 14.2 Å². The Kier molecular flexibility index (Phi) is 6.50. The first kappa shape index (κ1) is 22.8. The van der Waals surface area contributed by atoms with Crippen LogP contribution >= 0.6 is 0 Å². The average molecular weight is 466 g/mol. The van der Waals surface area contributed by atoms with Crippen molar-refractivity contribution >= 4 is 5.91 Å². The third kappa shape index (κ3) is 4.51. The molecule has 0 spiro atoms. The summed E-state index contributed by atoms with van der Waals surface area (Å²) in [6.45, 7) is 5.11. The van der Waals surface area contributed by atoms with Gasteiger partial charge in [0.1, 0.15) is 30.3 Å². The Morgan fingerprint density at radius 2 is 2.15 bits per heavy atom. The minimum absolute atomic E-state index is 0.0876. The molecular formula is C26H28FN3O4. The lowest BCUT2D eigenvalue weighted by atomic mass is 9.87. The number of nitrogens with zero attached hydrogens (tertiary/aromatic N) is 1. The normalized spacial score (nSPS) is 20.6. The molecule has 178 valence electrons. The predicted octanol–water partition coefficient (Wildman–Crippen LogP) is 2.74. The first-order valence-electron chi connectivity index (χ1n) is 11.7. The van der Waals surface area contributed by atoms with Crippen LogP contribution in [0.3, 0.4) is 0 Å². The van der Waals surface area contributed by atoms with E-state index in [0.29, 0.717) is 44.1 Å². The highest BCUT2D eigenvalue weighted by molar-refractivity contribution is 5.82. The molecule has 2 aromatic rings. The van der Waals surface area contributed by atoms with Gasteiger partial charge in [0.2, 0.25) is 0 Å². The van der Waals surface area contributed by atoms with Crippen LogP contribution in [-0.2, 0) is 27.3 Å². The zero-order valence-corrected chi connectivity index (χ0v) is 19.2. The van der Waals surface area contributed by atoms with Crippen LogP contribution in [0.15, 0.2) is 24.3 Å². The molecule has 0 radical (unpaired) electrons. The van der Waals surface area contributed by atoms with Crippen molar-refractivity contribution in [1.82, 2.24) is 10.6 Å². The van der Waals surface area contributed by atoms with E-state index in [9.17, 15) is 14.4 Å². The van der Waals surface area contributed by atoms with E-state index < -0.39 is 12.1 Å². The van der Waals surface area contributed by atoms with E-state index >= 15 is 0 Å². The molecule has 3 aliphatic heterocycles. The molecule has 2 aromatic carbocycles. The molecule has 2 atom stereocenters. The number of carbonyl (C=O) groups is 1. The van der Waals surface area contributed by atoms with Gasteiger partial charge in [0.05, 0.1) is 19.3 Å². The fraction of sp³-hybridized carbons (Fsp3) is 0.462. The van der Waals surface area contributed by atoms with Crippen LogP contribution < -0.4 is 15.4 Å². The maximum Gasteiger partial charge on any atom is 0.251 e. The smallest absolute Gasteiger partial charge is 0.251 e.